The summed E-state index contributed by atoms with van der Waals surface area (Å²) in [7, 11) is 0. The Morgan fingerprint density at radius 2 is 1.68 bits per heavy atom. The SMILES string of the molecule is Cc1ccc(C(C)(C)c2ccc(NC3C=NC(n4cccn4)=NC3)cc2)cc1. The molecule has 0 aliphatic carbocycles. The summed E-state index contributed by atoms with van der Waals surface area (Å²) >= 11 is 0. The van der Waals surface area contributed by atoms with E-state index in [4.69, 9.17) is 0 Å². The Morgan fingerprint density at radius 1 is 1.00 bits per heavy atom. The van der Waals surface area contributed by atoms with Crippen LogP contribution in [0.15, 0.2) is 77.0 Å². The molecule has 1 atom stereocenters. The molecule has 1 N–H and O–H groups in total. The van der Waals surface area contributed by atoms with Gasteiger partial charge in [0.25, 0.3) is 0 Å². The van der Waals surface area contributed by atoms with Crippen molar-refractivity contribution in [1.82, 2.24) is 9.78 Å². The molecule has 5 heteroatoms. The van der Waals surface area contributed by atoms with E-state index in [1.807, 2.05) is 18.5 Å². The quantitative estimate of drug-likeness (QED) is 0.744. The van der Waals surface area contributed by atoms with Gasteiger partial charge in [0.2, 0.25) is 5.96 Å². The Bertz CT molecular complexity index is 980. The molecular weight excluding hydrogens is 346 g/mol. The van der Waals surface area contributed by atoms with Crippen LogP contribution in [0.5, 0.6) is 0 Å². The Labute approximate surface area is 165 Å². The van der Waals surface area contributed by atoms with Gasteiger partial charge in [-0.2, -0.15) is 5.10 Å². The van der Waals surface area contributed by atoms with Gasteiger partial charge in [0.15, 0.2) is 0 Å². The lowest BCUT2D eigenvalue weighted by molar-refractivity contribution is 0.640. The summed E-state index contributed by atoms with van der Waals surface area (Å²) < 4.78 is 1.68. The first-order valence-corrected chi connectivity index (χ1v) is 9.55. The van der Waals surface area contributed by atoms with E-state index in [-0.39, 0.29) is 11.5 Å². The van der Waals surface area contributed by atoms with Gasteiger partial charge in [0.1, 0.15) is 0 Å². The van der Waals surface area contributed by atoms with Crippen molar-refractivity contribution in [2.45, 2.75) is 32.2 Å². The van der Waals surface area contributed by atoms with Gasteiger partial charge in [0, 0.05) is 29.7 Å². The van der Waals surface area contributed by atoms with Crippen molar-refractivity contribution in [1.29, 1.82) is 0 Å². The van der Waals surface area contributed by atoms with Gasteiger partial charge in [-0.3, -0.25) is 0 Å². The minimum absolute atomic E-state index is 0.0402. The molecule has 0 spiro atoms. The van der Waals surface area contributed by atoms with E-state index >= 15 is 0 Å². The Hall–Kier alpha value is -3.21. The Morgan fingerprint density at radius 3 is 2.25 bits per heavy atom. The van der Waals surface area contributed by atoms with Gasteiger partial charge >= 0.3 is 0 Å². The molecular formula is C23H25N5. The highest BCUT2D eigenvalue weighted by Gasteiger charge is 2.23. The maximum atomic E-state index is 4.51. The standard InChI is InChI=1S/C23H25N5/c1-17-5-7-18(8-6-17)23(2,3)19-9-11-20(12-10-19)27-21-15-24-22(25-16-21)28-14-4-13-26-28/h4-15,21,27H,16H2,1-3H3. The first-order valence-electron chi connectivity index (χ1n) is 9.55. The van der Waals surface area contributed by atoms with Crippen molar-refractivity contribution in [2.24, 2.45) is 9.98 Å². The number of nitrogens with zero attached hydrogens (tertiary/aromatic N) is 4. The summed E-state index contributed by atoms with van der Waals surface area (Å²) in [4.78, 5) is 8.93. The number of nitrogens with one attached hydrogen (secondary N) is 1. The average molecular weight is 371 g/mol. The van der Waals surface area contributed by atoms with Gasteiger partial charge in [-0.05, 0) is 36.2 Å². The minimum Gasteiger partial charge on any atom is -0.375 e. The van der Waals surface area contributed by atoms with Crippen molar-refractivity contribution in [3.05, 3.63) is 83.7 Å². The second-order valence-electron chi connectivity index (χ2n) is 7.69. The average Bonchev–Trinajstić information content (AvgIpc) is 3.24. The number of anilines is 1. The molecule has 2 aromatic carbocycles. The van der Waals surface area contributed by atoms with Crippen LogP contribution in [0.2, 0.25) is 0 Å². The molecule has 1 aliphatic heterocycles. The number of aromatic nitrogens is 2. The van der Waals surface area contributed by atoms with Crippen LogP contribution in [0.1, 0.15) is 30.5 Å². The summed E-state index contributed by atoms with van der Waals surface area (Å²) in [6.45, 7) is 7.28. The summed E-state index contributed by atoms with van der Waals surface area (Å²) in [5, 5.41) is 7.65. The van der Waals surface area contributed by atoms with Crippen LogP contribution in [0.3, 0.4) is 0 Å². The topological polar surface area (TPSA) is 54.6 Å². The predicted molar refractivity (Wildman–Crippen MR) is 116 cm³/mol. The monoisotopic (exact) mass is 371 g/mol. The van der Waals surface area contributed by atoms with Crippen molar-refractivity contribution in [3.63, 3.8) is 0 Å². The lowest BCUT2D eigenvalue weighted by Gasteiger charge is -2.27. The molecule has 28 heavy (non-hydrogen) atoms. The summed E-state index contributed by atoms with van der Waals surface area (Å²) in [6, 6.07) is 19.4. The highest BCUT2D eigenvalue weighted by atomic mass is 15.4. The summed E-state index contributed by atoms with van der Waals surface area (Å²) in [6.07, 6.45) is 5.47. The van der Waals surface area contributed by atoms with E-state index < -0.39 is 0 Å². The van der Waals surface area contributed by atoms with E-state index in [1.165, 1.54) is 16.7 Å². The zero-order chi connectivity index (χ0) is 19.6. The molecule has 0 radical (unpaired) electrons. The third-order valence-corrected chi connectivity index (χ3v) is 5.24. The Kier molecular flexibility index (Phi) is 4.82. The molecule has 0 fully saturated rings. The fourth-order valence-corrected chi connectivity index (χ4v) is 3.36. The number of hydrogen-bond donors (Lipinski definition) is 1. The lowest BCUT2D eigenvalue weighted by atomic mass is 9.78. The fraction of sp³-hybridized carbons (Fsp3) is 0.261. The lowest BCUT2D eigenvalue weighted by Crippen LogP contribution is -2.30. The number of benzene rings is 2. The third kappa shape index (κ3) is 3.74. The first kappa shape index (κ1) is 18.2. The van der Waals surface area contributed by atoms with Crippen LogP contribution >= 0.6 is 0 Å². The molecule has 1 unspecified atom stereocenters. The molecule has 0 saturated carbocycles. The van der Waals surface area contributed by atoms with Crippen LogP contribution in [-0.2, 0) is 5.41 Å². The highest BCUT2D eigenvalue weighted by molar-refractivity contribution is 5.92. The number of aryl methyl sites for hydroxylation is 1. The van der Waals surface area contributed by atoms with Crippen LogP contribution in [-0.4, -0.2) is 34.5 Å². The van der Waals surface area contributed by atoms with Gasteiger partial charge < -0.3 is 5.32 Å². The second-order valence-corrected chi connectivity index (χ2v) is 7.69. The fourth-order valence-electron chi connectivity index (χ4n) is 3.36. The number of hydrogen-bond acceptors (Lipinski definition) is 4. The van der Waals surface area contributed by atoms with Crippen molar-refractivity contribution < 1.29 is 0 Å². The normalized spacial score (nSPS) is 16.7. The third-order valence-electron chi connectivity index (χ3n) is 5.24. The predicted octanol–water partition coefficient (Wildman–Crippen LogP) is 4.29. The maximum Gasteiger partial charge on any atom is 0.245 e. The molecule has 0 saturated heterocycles. The van der Waals surface area contributed by atoms with Crippen molar-refractivity contribution >= 4 is 17.9 Å². The van der Waals surface area contributed by atoms with Crippen LogP contribution in [0.25, 0.3) is 0 Å². The van der Waals surface area contributed by atoms with Crippen molar-refractivity contribution in [3.8, 4) is 0 Å². The molecule has 142 valence electrons. The molecule has 0 amide bonds. The van der Waals surface area contributed by atoms with Crippen molar-refractivity contribution in [2.75, 3.05) is 11.9 Å². The van der Waals surface area contributed by atoms with E-state index in [0.717, 1.165) is 5.69 Å². The molecule has 1 aliphatic rings. The molecule has 4 rings (SSSR count). The van der Waals surface area contributed by atoms with E-state index in [2.05, 4.69) is 89.7 Å². The molecule has 1 aromatic heterocycles. The highest BCUT2D eigenvalue weighted by Crippen LogP contribution is 2.32. The smallest absolute Gasteiger partial charge is 0.245 e. The summed E-state index contributed by atoms with van der Waals surface area (Å²) in [5.41, 5.74) is 4.92. The zero-order valence-electron chi connectivity index (χ0n) is 16.5. The second kappa shape index (κ2) is 7.43. The maximum absolute atomic E-state index is 4.51. The number of rotatable bonds is 4. The van der Waals surface area contributed by atoms with Crippen LogP contribution in [0.4, 0.5) is 5.69 Å². The largest absolute Gasteiger partial charge is 0.375 e. The van der Waals surface area contributed by atoms with E-state index in [1.54, 1.807) is 10.9 Å². The summed E-state index contributed by atoms with van der Waals surface area (Å²) in [5.74, 6) is 0.623. The van der Waals surface area contributed by atoms with Crippen LogP contribution in [0, 0.1) is 6.92 Å². The molecule has 2 heterocycles. The first-order chi connectivity index (χ1) is 13.5. The van der Waals surface area contributed by atoms with Gasteiger partial charge in [-0.15, -0.1) is 0 Å². The van der Waals surface area contributed by atoms with Crippen LogP contribution < -0.4 is 5.32 Å². The van der Waals surface area contributed by atoms with Gasteiger partial charge in [-0.25, -0.2) is 14.7 Å². The zero-order valence-corrected chi connectivity index (χ0v) is 16.5. The van der Waals surface area contributed by atoms with E-state index in [0.29, 0.717) is 12.5 Å². The van der Waals surface area contributed by atoms with E-state index in [9.17, 15) is 0 Å². The molecule has 0 bridgehead atoms. The Balaban J connectivity index is 1.43. The molecule has 5 nitrogen and oxygen atoms in total. The number of aliphatic imine (C=N–C) groups is 2. The van der Waals surface area contributed by atoms with Gasteiger partial charge in [0.05, 0.1) is 12.6 Å². The minimum atomic E-state index is -0.0402. The van der Waals surface area contributed by atoms with Gasteiger partial charge in [-0.1, -0.05) is 55.8 Å². The molecule has 3 aromatic rings.